The smallest absolute Gasteiger partial charge is 0.372 e. The van der Waals surface area contributed by atoms with Crippen LogP contribution in [0.3, 0.4) is 0 Å². The van der Waals surface area contributed by atoms with Crippen LogP contribution in [-0.4, -0.2) is 24.2 Å². The lowest BCUT2D eigenvalue weighted by Gasteiger charge is -2.42. The van der Waals surface area contributed by atoms with E-state index in [1.54, 1.807) is 19.2 Å². The molecule has 0 saturated carbocycles. The predicted molar refractivity (Wildman–Crippen MR) is 128 cm³/mol. The van der Waals surface area contributed by atoms with E-state index in [9.17, 15) is 13.2 Å². The molecule has 4 nitrogen and oxygen atoms in total. The molecule has 3 aromatic rings. The molecule has 1 saturated heterocycles. The Kier molecular flexibility index (Phi) is 7.24. The van der Waals surface area contributed by atoms with Gasteiger partial charge in [0.25, 0.3) is 0 Å². The molecule has 3 atom stereocenters. The third-order valence-electron chi connectivity index (χ3n) is 6.43. The van der Waals surface area contributed by atoms with Crippen molar-refractivity contribution < 1.29 is 17.9 Å². The number of rotatable bonds is 7. The number of piperidine rings is 1. The van der Waals surface area contributed by atoms with E-state index in [1.807, 2.05) is 43.3 Å². The first kappa shape index (κ1) is 24.2. The lowest BCUT2D eigenvalue weighted by molar-refractivity contribution is -0.137. The minimum atomic E-state index is -4.38. The SMILES string of the molecule is Cc1cc([C@@H](C)OC[C@@]2(c3ccccc3)CC[C@H](Nc3ccccn3)CN2)cc(C(F)(F)F)c1. The van der Waals surface area contributed by atoms with E-state index in [-0.39, 0.29) is 6.04 Å². The minimum absolute atomic E-state index is 0.218. The standard InChI is InChI=1S/C27H30F3N3O/c1-19-14-21(16-23(15-19)27(28,29)30)20(2)34-18-26(22-8-4-3-5-9-22)12-11-24(17-32-26)33-25-10-6-7-13-31-25/h3-10,13-16,20,24,32H,11-12,17-18H2,1-2H3,(H,31,33)/t20-,24+,26-/m1/s1. The number of aryl methyl sites for hydroxylation is 1. The first-order valence-corrected chi connectivity index (χ1v) is 11.5. The highest BCUT2D eigenvalue weighted by molar-refractivity contribution is 5.36. The second-order valence-corrected chi connectivity index (χ2v) is 9.01. The number of nitrogens with zero attached hydrogens (tertiary/aromatic N) is 1. The summed E-state index contributed by atoms with van der Waals surface area (Å²) < 4.78 is 46.1. The summed E-state index contributed by atoms with van der Waals surface area (Å²) in [5, 5.41) is 7.14. The summed E-state index contributed by atoms with van der Waals surface area (Å²) in [6, 6.07) is 20.2. The van der Waals surface area contributed by atoms with Gasteiger partial charge in [-0.1, -0.05) is 48.0 Å². The zero-order chi connectivity index (χ0) is 24.2. The van der Waals surface area contributed by atoms with Gasteiger partial charge < -0.3 is 15.4 Å². The topological polar surface area (TPSA) is 46.2 Å². The molecule has 0 radical (unpaired) electrons. The summed E-state index contributed by atoms with van der Waals surface area (Å²) in [5.74, 6) is 0.839. The van der Waals surface area contributed by atoms with Gasteiger partial charge in [-0.25, -0.2) is 4.98 Å². The first-order chi connectivity index (χ1) is 16.2. The molecule has 0 aliphatic carbocycles. The molecule has 1 aliphatic rings. The number of alkyl halides is 3. The van der Waals surface area contributed by atoms with Gasteiger partial charge in [0.05, 0.1) is 23.8 Å². The molecule has 0 amide bonds. The fourth-order valence-corrected chi connectivity index (χ4v) is 4.49. The third kappa shape index (κ3) is 5.77. The Morgan fingerprint density at radius 3 is 2.53 bits per heavy atom. The number of pyridine rings is 1. The highest BCUT2D eigenvalue weighted by atomic mass is 19.4. The van der Waals surface area contributed by atoms with Gasteiger partial charge in [0.15, 0.2) is 0 Å². The average molecular weight is 470 g/mol. The monoisotopic (exact) mass is 469 g/mol. The molecule has 2 aromatic carbocycles. The second kappa shape index (κ2) is 10.2. The van der Waals surface area contributed by atoms with E-state index in [1.165, 1.54) is 12.1 Å². The molecule has 7 heteroatoms. The molecule has 1 fully saturated rings. The highest BCUT2D eigenvalue weighted by Gasteiger charge is 2.38. The van der Waals surface area contributed by atoms with Crippen LogP contribution < -0.4 is 10.6 Å². The van der Waals surface area contributed by atoms with Crippen molar-refractivity contribution in [1.29, 1.82) is 0 Å². The fourth-order valence-electron chi connectivity index (χ4n) is 4.49. The molecular formula is C27H30F3N3O. The Bertz CT molecular complexity index is 1070. The largest absolute Gasteiger partial charge is 0.416 e. The van der Waals surface area contributed by atoms with Crippen molar-refractivity contribution in [3.8, 4) is 0 Å². The lowest BCUT2D eigenvalue weighted by Crippen LogP contribution is -2.55. The van der Waals surface area contributed by atoms with Crippen LogP contribution in [0.2, 0.25) is 0 Å². The van der Waals surface area contributed by atoms with E-state index in [0.29, 0.717) is 24.3 Å². The first-order valence-electron chi connectivity index (χ1n) is 11.5. The molecule has 0 spiro atoms. The lowest BCUT2D eigenvalue weighted by atomic mass is 9.81. The van der Waals surface area contributed by atoms with E-state index in [2.05, 4.69) is 27.8 Å². The summed E-state index contributed by atoms with van der Waals surface area (Å²) in [4.78, 5) is 4.35. The normalized spacial score (nSPS) is 21.7. The summed E-state index contributed by atoms with van der Waals surface area (Å²) in [6.45, 7) is 4.55. The molecule has 0 bridgehead atoms. The molecule has 1 aliphatic heterocycles. The zero-order valence-electron chi connectivity index (χ0n) is 19.4. The Morgan fingerprint density at radius 1 is 1.12 bits per heavy atom. The van der Waals surface area contributed by atoms with E-state index < -0.39 is 23.4 Å². The van der Waals surface area contributed by atoms with Crippen LogP contribution >= 0.6 is 0 Å². The predicted octanol–water partition coefficient (Wildman–Crippen LogP) is 6.25. The fraction of sp³-hybridized carbons (Fsp3) is 0.370. The van der Waals surface area contributed by atoms with Crippen molar-refractivity contribution in [2.75, 3.05) is 18.5 Å². The summed E-state index contributed by atoms with van der Waals surface area (Å²) in [6.07, 6.45) is -1.38. The van der Waals surface area contributed by atoms with Crippen molar-refractivity contribution >= 4 is 5.82 Å². The number of aromatic nitrogens is 1. The van der Waals surface area contributed by atoms with Gasteiger partial charge in [0.1, 0.15) is 5.82 Å². The number of halogens is 3. The van der Waals surface area contributed by atoms with E-state index in [0.717, 1.165) is 24.2 Å². The van der Waals surface area contributed by atoms with Crippen molar-refractivity contribution in [2.24, 2.45) is 0 Å². The van der Waals surface area contributed by atoms with Gasteiger partial charge in [-0.05, 0) is 62.1 Å². The maximum atomic E-state index is 13.3. The van der Waals surface area contributed by atoms with Gasteiger partial charge in [-0.15, -0.1) is 0 Å². The number of anilines is 1. The van der Waals surface area contributed by atoms with Gasteiger partial charge in [0, 0.05) is 18.8 Å². The molecule has 2 N–H and O–H groups in total. The van der Waals surface area contributed by atoms with Crippen LogP contribution in [0.15, 0.2) is 72.9 Å². The summed E-state index contributed by atoms with van der Waals surface area (Å²) in [5.41, 5.74) is 1.14. The van der Waals surface area contributed by atoms with Gasteiger partial charge >= 0.3 is 6.18 Å². The molecule has 34 heavy (non-hydrogen) atoms. The Labute approximate surface area is 198 Å². The Hall–Kier alpha value is -2.90. The average Bonchev–Trinajstić information content (AvgIpc) is 2.84. The molecule has 180 valence electrons. The van der Waals surface area contributed by atoms with Crippen molar-refractivity contribution in [3.63, 3.8) is 0 Å². The third-order valence-corrected chi connectivity index (χ3v) is 6.43. The maximum Gasteiger partial charge on any atom is 0.416 e. The van der Waals surface area contributed by atoms with Crippen LogP contribution in [0.5, 0.6) is 0 Å². The highest BCUT2D eigenvalue weighted by Crippen LogP contribution is 2.35. The molecule has 4 rings (SSSR count). The second-order valence-electron chi connectivity index (χ2n) is 9.01. The number of hydrogen-bond acceptors (Lipinski definition) is 4. The number of hydrogen-bond donors (Lipinski definition) is 2. The quantitative estimate of drug-likeness (QED) is 0.430. The Morgan fingerprint density at radius 2 is 1.88 bits per heavy atom. The van der Waals surface area contributed by atoms with Crippen LogP contribution in [-0.2, 0) is 16.5 Å². The minimum Gasteiger partial charge on any atom is -0.372 e. The van der Waals surface area contributed by atoms with Crippen molar-refractivity contribution in [2.45, 2.75) is 50.6 Å². The Balaban J connectivity index is 1.48. The number of ether oxygens (including phenoxy) is 1. The summed E-state index contributed by atoms with van der Waals surface area (Å²) in [7, 11) is 0. The summed E-state index contributed by atoms with van der Waals surface area (Å²) >= 11 is 0. The molecular weight excluding hydrogens is 439 g/mol. The van der Waals surface area contributed by atoms with Gasteiger partial charge in [-0.2, -0.15) is 13.2 Å². The number of benzene rings is 2. The van der Waals surface area contributed by atoms with Crippen LogP contribution in [0, 0.1) is 6.92 Å². The van der Waals surface area contributed by atoms with Gasteiger partial charge in [0.2, 0.25) is 0 Å². The number of nitrogens with one attached hydrogen (secondary N) is 2. The van der Waals surface area contributed by atoms with Crippen molar-refractivity contribution in [3.05, 3.63) is 95.2 Å². The van der Waals surface area contributed by atoms with Gasteiger partial charge in [-0.3, -0.25) is 0 Å². The van der Waals surface area contributed by atoms with Crippen LogP contribution in [0.4, 0.5) is 19.0 Å². The molecule has 1 aromatic heterocycles. The molecule has 2 heterocycles. The molecule has 0 unspecified atom stereocenters. The van der Waals surface area contributed by atoms with Crippen LogP contribution in [0.1, 0.15) is 48.1 Å². The van der Waals surface area contributed by atoms with E-state index in [4.69, 9.17) is 4.74 Å². The van der Waals surface area contributed by atoms with Crippen LogP contribution in [0.25, 0.3) is 0 Å². The maximum absolute atomic E-state index is 13.3. The van der Waals surface area contributed by atoms with Crippen molar-refractivity contribution in [1.82, 2.24) is 10.3 Å². The zero-order valence-corrected chi connectivity index (χ0v) is 19.4. The van der Waals surface area contributed by atoms with E-state index >= 15 is 0 Å².